The van der Waals surface area contributed by atoms with Gasteiger partial charge in [-0.05, 0) is 53.6 Å². The first-order valence-corrected chi connectivity index (χ1v) is 13.2. The monoisotopic (exact) mass is 517 g/mol. The Bertz CT molecular complexity index is 1210. The van der Waals surface area contributed by atoms with Crippen LogP contribution in [0.2, 0.25) is 0 Å². The maximum absolute atomic E-state index is 12.7. The predicted octanol–water partition coefficient (Wildman–Crippen LogP) is 2.85. The smallest absolute Gasteiger partial charge is 0.293 e. The van der Waals surface area contributed by atoms with Gasteiger partial charge in [0.05, 0.1) is 16.9 Å². The zero-order valence-electron chi connectivity index (χ0n) is 19.6. The van der Waals surface area contributed by atoms with Crippen molar-refractivity contribution in [1.29, 1.82) is 0 Å². The summed E-state index contributed by atoms with van der Waals surface area (Å²) in [5, 5.41) is 2.19. The largest absolute Gasteiger partial charge is 0.497 e. The summed E-state index contributed by atoms with van der Waals surface area (Å²) in [5.41, 5.74) is 0.745. The molecule has 1 atom stereocenters. The Morgan fingerprint density at radius 1 is 1.09 bits per heavy atom. The molecule has 1 heterocycles. The van der Waals surface area contributed by atoms with E-state index in [0.29, 0.717) is 5.75 Å². The highest BCUT2D eigenvalue weighted by atomic mass is 32.2. The van der Waals surface area contributed by atoms with Crippen molar-refractivity contribution in [2.75, 3.05) is 20.2 Å². The highest BCUT2D eigenvalue weighted by molar-refractivity contribution is 8.18. The Labute approximate surface area is 209 Å². The Morgan fingerprint density at radius 2 is 1.74 bits per heavy atom. The number of rotatable bonds is 10. The molecule has 1 saturated heterocycles. The Hall–Kier alpha value is -3.15. The number of hydrogen-bond donors (Lipinski definition) is 2. The summed E-state index contributed by atoms with van der Waals surface area (Å²) < 4.78 is 32.8. The number of methoxy groups -OCH3 is 1. The summed E-state index contributed by atoms with van der Waals surface area (Å²) in [6.45, 7) is 3.39. The standard InChI is InChI=1S/C24H27N3O6S2/c1-16(2)21(26-35(31,32)19-7-5-4-6-8-19)22(28)25-13-14-27-23(29)20(34-24(27)30)15-17-9-11-18(33-3)12-10-17/h4-12,15-16,21,26H,13-14H2,1-3H3,(H,25,28)/b20-15+/t21-/m0/s1. The van der Waals surface area contributed by atoms with E-state index < -0.39 is 33.1 Å². The molecule has 11 heteroatoms. The van der Waals surface area contributed by atoms with Crippen LogP contribution < -0.4 is 14.8 Å². The number of amides is 3. The lowest BCUT2D eigenvalue weighted by molar-refractivity contribution is -0.125. The molecule has 2 N–H and O–H groups in total. The average Bonchev–Trinajstić information content (AvgIpc) is 3.10. The molecule has 0 bridgehead atoms. The van der Waals surface area contributed by atoms with E-state index in [1.54, 1.807) is 69.5 Å². The van der Waals surface area contributed by atoms with E-state index in [0.717, 1.165) is 22.2 Å². The van der Waals surface area contributed by atoms with Crippen molar-refractivity contribution < 1.29 is 27.5 Å². The number of nitrogens with zero attached hydrogens (tertiary/aromatic N) is 1. The van der Waals surface area contributed by atoms with Crippen LogP contribution in [0.3, 0.4) is 0 Å². The van der Waals surface area contributed by atoms with E-state index in [2.05, 4.69) is 10.0 Å². The Balaban J connectivity index is 1.59. The van der Waals surface area contributed by atoms with Crippen LogP contribution in [0.1, 0.15) is 19.4 Å². The van der Waals surface area contributed by atoms with Crippen LogP contribution in [0.4, 0.5) is 4.79 Å². The second-order valence-corrected chi connectivity index (χ2v) is 10.8. The van der Waals surface area contributed by atoms with Gasteiger partial charge in [-0.25, -0.2) is 8.42 Å². The minimum Gasteiger partial charge on any atom is -0.497 e. The first-order chi connectivity index (χ1) is 16.6. The number of hydrogen-bond acceptors (Lipinski definition) is 7. The first kappa shape index (κ1) is 26.5. The third-order valence-corrected chi connectivity index (χ3v) is 7.57. The molecular formula is C24H27N3O6S2. The van der Waals surface area contributed by atoms with Gasteiger partial charge in [-0.3, -0.25) is 19.3 Å². The van der Waals surface area contributed by atoms with Gasteiger partial charge >= 0.3 is 0 Å². The van der Waals surface area contributed by atoms with Gasteiger partial charge in [-0.15, -0.1) is 0 Å². The van der Waals surface area contributed by atoms with Crippen molar-refractivity contribution in [2.45, 2.75) is 24.8 Å². The number of thioether (sulfide) groups is 1. The maximum Gasteiger partial charge on any atom is 0.293 e. The van der Waals surface area contributed by atoms with Crippen LogP contribution in [0.5, 0.6) is 5.75 Å². The zero-order valence-corrected chi connectivity index (χ0v) is 21.2. The topological polar surface area (TPSA) is 122 Å². The molecule has 1 aliphatic heterocycles. The van der Waals surface area contributed by atoms with Crippen LogP contribution in [0.25, 0.3) is 6.08 Å². The third-order valence-electron chi connectivity index (χ3n) is 5.21. The first-order valence-electron chi connectivity index (χ1n) is 10.9. The molecular weight excluding hydrogens is 490 g/mol. The number of benzene rings is 2. The van der Waals surface area contributed by atoms with Crippen molar-refractivity contribution in [3.63, 3.8) is 0 Å². The molecule has 0 aromatic heterocycles. The summed E-state index contributed by atoms with van der Waals surface area (Å²) in [5.74, 6) is -0.648. The molecule has 1 fully saturated rings. The number of sulfonamides is 1. The van der Waals surface area contributed by atoms with Gasteiger partial charge in [0.2, 0.25) is 15.9 Å². The fourth-order valence-corrected chi connectivity index (χ4v) is 5.50. The summed E-state index contributed by atoms with van der Waals surface area (Å²) >= 11 is 0.825. The van der Waals surface area contributed by atoms with Crippen LogP contribution >= 0.6 is 11.8 Å². The normalized spacial score (nSPS) is 16.1. The molecule has 1 aliphatic rings. The van der Waals surface area contributed by atoms with E-state index in [1.807, 2.05) is 0 Å². The fraction of sp³-hybridized carbons (Fsp3) is 0.292. The van der Waals surface area contributed by atoms with E-state index in [4.69, 9.17) is 4.74 Å². The van der Waals surface area contributed by atoms with Crippen LogP contribution in [0, 0.1) is 5.92 Å². The number of nitrogens with one attached hydrogen (secondary N) is 2. The number of carbonyl (C=O) groups excluding carboxylic acids is 3. The van der Waals surface area contributed by atoms with Gasteiger partial charge < -0.3 is 10.1 Å². The average molecular weight is 518 g/mol. The van der Waals surface area contributed by atoms with E-state index >= 15 is 0 Å². The number of carbonyl (C=O) groups is 3. The highest BCUT2D eigenvalue weighted by Gasteiger charge is 2.35. The third kappa shape index (κ3) is 6.71. The lowest BCUT2D eigenvalue weighted by Crippen LogP contribution is -2.50. The number of imide groups is 1. The van der Waals surface area contributed by atoms with Gasteiger partial charge in [0, 0.05) is 13.1 Å². The van der Waals surface area contributed by atoms with E-state index in [1.165, 1.54) is 12.1 Å². The molecule has 2 aromatic rings. The van der Waals surface area contributed by atoms with E-state index in [-0.39, 0.29) is 28.8 Å². The molecule has 0 saturated carbocycles. The van der Waals surface area contributed by atoms with Gasteiger partial charge in [-0.1, -0.05) is 44.2 Å². The van der Waals surface area contributed by atoms with Crippen LogP contribution in [-0.2, 0) is 19.6 Å². The second kappa shape index (κ2) is 11.5. The van der Waals surface area contributed by atoms with Crippen molar-refractivity contribution in [3.8, 4) is 5.75 Å². The van der Waals surface area contributed by atoms with Crippen molar-refractivity contribution in [1.82, 2.24) is 14.9 Å². The fourth-order valence-electron chi connectivity index (χ4n) is 3.27. The molecule has 0 aliphatic carbocycles. The van der Waals surface area contributed by atoms with Crippen molar-refractivity contribution >= 4 is 44.9 Å². The molecule has 0 radical (unpaired) electrons. The van der Waals surface area contributed by atoms with Crippen LogP contribution in [-0.4, -0.2) is 56.6 Å². The highest BCUT2D eigenvalue weighted by Crippen LogP contribution is 2.32. The molecule has 35 heavy (non-hydrogen) atoms. The second-order valence-electron chi connectivity index (χ2n) is 8.05. The SMILES string of the molecule is COc1ccc(/C=C2/SC(=O)N(CCNC(=O)[C@@H](NS(=O)(=O)c3ccccc3)C(C)C)C2=O)cc1. The van der Waals surface area contributed by atoms with Gasteiger partial charge in [0.15, 0.2) is 0 Å². The molecule has 186 valence electrons. The quantitative estimate of drug-likeness (QED) is 0.465. The van der Waals surface area contributed by atoms with Crippen molar-refractivity contribution in [2.24, 2.45) is 5.92 Å². The molecule has 3 rings (SSSR count). The summed E-state index contributed by atoms with van der Waals surface area (Å²) in [7, 11) is -2.34. The number of ether oxygens (including phenoxy) is 1. The molecule has 0 unspecified atom stereocenters. The van der Waals surface area contributed by atoms with Gasteiger partial charge in [-0.2, -0.15) is 4.72 Å². The van der Waals surface area contributed by atoms with E-state index in [9.17, 15) is 22.8 Å². The lowest BCUT2D eigenvalue weighted by Gasteiger charge is -2.22. The molecule has 9 nitrogen and oxygen atoms in total. The predicted molar refractivity (Wildman–Crippen MR) is 134 cm³/mol. The summed E-state index contributed by atoms with van der Waals surface area (Å²) in [4.78, 5) is 39.2. The van der Waals surface area contributed by atoms with Gasteiger partial charge in [0.1, 0.15) is 11.8 Å². The Kier molecular flexibility index (Phi) is 8.71. The minimum absolute atomic E-state index is 0.0109. The molecule has 2 aromatic carbocycles. The Morgan fingerprint density at radius 3 is 2.34 bits per heavy atom. The summed E-state index contributed by atoms with van der Waals surface area (Å²) in [6, 6.07) is 13.8. The zero-order chi connectivity index (χ0) is 25.6. The minimum atomic E-state index is -3.90. The summed E-state index contributed by atoms with van der Waals surface area (Å²) in [6.07, 6.45) is 1.62. The molecule has 3 amide bonds. The maximum atomic E-state index is 12.7. The van der Waals surface area contributed by atoms with Crippen LogP contribution in [0.15, 0.2) is 64.4 Å². The van der Waals surface area contributed by atoms with Crippen molar-refractivity contribution in [3.05, 3.63) is 65.1 Å². The molecule has 0 spiro atoms. The lowest BCUT2D eigenvalue weighted by atomic mass is 10.1. The van der Waals surface area contributed by atoms with Gasteiger partial charge in [0.25, 0.3) is 11.1 Å².